The van der Waals surface area contributed by atoms with Crippen LogP contribution in [0, 0.1) is 0 Å². The van der Waals surface area contributed by atoms with Crippen LogP contribution in [0.15, 0.2) is 80.9 Å². The third kappa shape index (κ3) is 4.27. The summed E-state index contributed by atoms with van der Waals surface area (Å²) in [4.78, 5) is 17.2. The summed E-state index contributed by atoms with van der Waals surface area (Å²) in [5.74, 6) is 1.00. The molecule has 1 atom stereocenters. The predicted molar refractivity (Wildman–Crippen MR) is 136 cm³/mol. The molecule has 4 heterocycles. The molecule has 1 aromatic rings. The highest BCUT2D eigenvalue weighted by molar-refractivity contribution is 8.06. The fourth-order valence-electron chi connectivity index (χ4n) is 4.57. The molecule has 0 radical (unpaired) electrons. The molecule has 2 fully saturated rings. The van der Waals surface area contributed by atoms with Crippen LogP contribution in [-0.2, 0) is 5.41 Å². The lowest BCUT2D eigenvalue weighted by Gasteiger charge is -2.29. The third-order valence-electron chi connectivity index (χ3n) is 6.55. The van der Waals surface area contributed by atoms with E-state index in [1.807, 2.05) is 31.5 Å². The Kier molecular flexibility index (Phi) is 6.17. The van der Waals surface area contributed by atoms with E-state index in [0.717, 1.165) is 43.5 Å². The maximum atomic E-state index is 4.88. The first-order valence-electron chi connectivity index (χ1n) is 11.3. The number of nitrogens with one attached hydrogen (secondary N) is 2. The van der Waals surface area contributed by atoms with Crippen LogP contribution >= 0.6 is 11.8 Å². The Balaban J connectivity index is 1.20. The highest BCUT2D eigenvalue weighted by atomic mass is 32.2. The summed E-state index contributed by atoms with van der Waals surface area (Å²) >= 11 is 1.64. The summed E-state index contributed by atoms with van der Waals surface area (Å²) in [6, 6.07) is 6.59. The Morgan fingerprint density at radius 1 is 1.41 bits per heavy atom. The van der Waals surface area contributed by atoms with E-state index in [1.54, 1.807) is 11.8 Å². The Labute approximate surface area is 195 Å². The molecule has 1 aliphatic carbocycles. The van der Waals surface area contributed by atoms with Gasteiger partial charge in [-0.2, -0.15) is 0 Å². The third-order valence-corrected chi connectivity index (χ3v) is 7.43. The molecule has 32 heavy (non-hydrogen) atoms. The van der Waals surface area contributed by atoms with Crippen molar-refractivity contribution in [1.29, 1.82) is 0 Å². The van der Waals surface area contributed by atoms with Crippen LogP contribution in [0.1, 0.15) is 31.9 Å². The summed E-state index contributed by atoms with van der Waals surface area (Å²) in [5, 5.41) is 9.41. The maximum Gasteiger partial charge on any atom is 0.286 e. The summed E-state index contributed by atoms with van der Waals surface area (Å²) in [7, 11) is 0.789. The van der Waals surface area contributed by atoms with Crippen molar-refractivity contribution in [1.82, 2.24) is 20.3 Å². The first kappa shape index (κ1) is 21.4. The summed E-state index contributed by atoms with van der Waals surface area (Å²) in [6.45, 7) is 8.84. The van der Waals surface area contributed by atoms with E-state index in [-0.39, 0.29) is 5.41 Å². The van der Waals surface area contributed by atoms with E-state index in [2.05, 4.69) is 55.5 Å². The van der Waals surface area contributed by atoms with Crippen molar-refractivity contribution in [2.45, 2.75) is 37.6 Å². The molecule has 8 heteroatoms. The first-order chi connectivity index (χ1) is 15.7. The van der Waals surface area contributed by atoms with E-state index in [9.17, 15) is 0 Å². The quantitative estimate of drug-likeness (QED) is 0.429. The van der Waals surface area contributed by atoms with Crippen molar-refractivity contribution in [2.24, 2.45) is 9.98 Å². The van der Waals surface area contributed by atoms with Crippen molar-refractivity contribution in [3.63, 3.8) is 0 Å². The minimum atomic E-state index is 0.224. The number of thioether (sulfide) groups is 1. The number of allylic oxidation sites excluding steroid dienone is 2. The molecule has 2 N–H and O–H groups in total. The molecule has 6 nitrogen and oxygen atoms in total. The normalized spacial score (nSPS) is 23.0. The van der Waals surface area contributed by atoms with Gasteiger partial charge in [0.1, 0.15) is 5.84 Å². The largest absolute Gasteiger partial charge is 0.344 e. The SMILES string of the molecule is C=C(S/C=C\C)C1=NCC(C2=NC=C2)=C2CC(NBNCC3(c4ccccn4)CC3)CN12. The van der Waals surface area contributed by atoms with Gasteiger partial charge in [-0.05, 0) is 49.9 Å². The molecule has 3 aliphatic heterocycles. The number of amidine groups is 1. The second-order valence-electron chi connectivity index (χ2n) is 8.72. The topological polar surface area (TPSA) is 64.9 Å². The highest BCUT2D eigenvalue weighted by Crippen LogP contribution is 2.46. The number of fused-ring (bicyclic) bond motifs is 1. The summed E-state index contributed by atoms with van der Waals surface area (Å²) < 4.78 is 0. The molecule has 0 aromatic carbocycles. The van der Waals surface area contributed by atoms with Gasteiger partial charge in [-0.3, -0.25) is 15.0 Å². The van der Waals surface area contributed by atoms with E-state index in [1.165, 1.54) is 29.8 Å². The molecule has 0 bridgehead atoms. The number of aromatic nitrogens is 1. The van der Waals surface area contributed by atoms with Crippen LogP contribution < -0.4 is 10.5 Å². The smallest absolute Gasteiger partial charge is 0.286 e. The standard InChI is InChI=1S/C24H29BN6S/c1-3-12-32-17(2)23-28-14-19(20-7-11-26-20)21-13-18(15-31(21)23)30-25-29-16-24(8-9-24)22-6-4-5-10-27-22/h3-7,10-12,18,25,29-30H,2,8-9,13-16H2,1H3/b12-3-. The predicted octanol–water partition coefficient (Wildman–Crippen LogP) is 3.05. The van der Waals surface area contributed by atoms with Gasteiger partial charge in [-0.25, -0.2) is 0 Å². The minimum absolute atomic E-state index is 0.224. The number of aliphatic imine (C=N–C) groups is 2. The van der Waals surface area contributed by atoms with Crippen LogP contribution in [0.5, 0.6) is 0 Å². The molecule has 1 saturated heterocycles. The maximum absolute atomic E-state index is 4.88. The van der Waals surface area contributed by atoms with Gasteiger partial charge in [0.25, 0.3) is 7.55 Å². The van der Waals surface area contributed by atoms with E-state index >= 15 is 0 Å². The molecule has 0 amide bonds. The lowest BCUT2D eigenvalue weighted by molar-refractivity contribution is 0.535. The fourth-order valence-corrected chi connectivity index (χ4v) is 5.15. The molecular weight excluding hydrogens is 415 g/mol. The molecule has 1 saturated carbocycles. The van der Waals surface area contributed by atoms with Crippen LogP contribution in [0.3, 0.4) is 0 Å². The summed E-state index contributed by atoms with van der Waals surface area (Å²) in [6.07, 6.45) is 11.3. The molecule has 164 valence electrons. The second-order valence-corrected chi connectivity index (χ2v) is 9.72. The van der Waals surface area contributed by atoms with Crippen LogP contribution in [0.25, 0.3) is 0 Å². The van der Waals surface area contributed by atoms with Crippen molar-refractivity contribution in [3.8, 4) is 0 Å². The zero-order chi connectivity index (χ0) is 22.0. The zero-order valence-corrected chi connectivity index (χ0v) is 19.4. The number of hydrogen-bond donors (Lipinski definition) is 2. The average molecular weight is 444 g/mol. The Bertz CT molecular complexity index is 1040. The number of nitrogens with zero attached hydrogens (tertiary/aromatic N) is 4. The van der Waals surface area contributed by atoms with Gasteiger partial charge in [0.2, 0.25) is 0 Å². The summed E-state index contributed by atoms with van der Waals surface area (Å²) in [5.41, 5.74) is 5.11. The van der Waals surface area contributed by atoms with Gasteiger partial charge in [-0.1, -0.05) is 30.5 Å². The van der Waals surface area contributed by atoms with Crippen molar-refractivity contribution < 1.29 is 0 Å². The molecule has 0 spiro atoms. The van der Waals surface area contributed by atoms with E-state index in [0.29, 0.717) is 12.6 Å². The van der Waals surface area contributed by atoms with Crippen LogP contribution in [-0.4, -0.2) is 54.7 Å². The molecule has 4 aliphatic rings. The average Bonchev–Trinajstić information content (AvgIpc) is 3.45. The van der Waals surface area contributed by atoms with Gasteiger partial charge in [0.15, 0.2) is 0 Å². The lowest BCUT2D eigenvalue weighted by Crippen LogP contribution is -2.44. The second kappa shape index (κ2) is 9.21. The monoisotopic (exact) mass is 444 g/mol. The number of hydrogen-bond acceptors (Lipinski definition) is 7. The van der Waals surface area contributed by atoms with Gasteiger partial charge in [0.05, 0.1) is 12.3 Å². The first-order valence-corrected chi connectivity index (χ1v) is 12.2. The van der Waals surface area contributed by atoms with Gasteiger partial charge >= 0.3 is 0 Å². The van der Waals surface area contributed by atoms with E-state index < -0.39 is 0 Å². The zero-order valence-electron chi connectivity index (χ0n) is 18.6. The van der Waals surface area contributed by atoms with Gasteiger partial charge in [0, 0.05) is 58.7 Å². The molecule has 1 unspecified atom stereocenters. The van der Waals surface area contributed by atoms with E-state index in [4.69, 9.17) is 4.99 Å². The van der Waals surface area contributed by atoms with Crippen molar-refractivity contribution in [2.75, 3.05) is 19.6 Å². The van der Waals surface area contributed by atoms with Gasteiger partial charge < -0.3 is 15.4 Å². The van der Waals surface area contributed by atoms with Gasteiger partial charge in [-0.15, -0.1) is 0 Å². The van der Waals surface area contributed by atoms with Crippen molar-refractivity contribution in [3.05, 3.63) is 76.6 Å². The van der Waals surface area contributed by atoms with Crippen molar-refractivity contribution >= 4 is 30.9 Å². The minimum Gasteiger partial charge on any atom is -0.344 e. The Morgan fingerprint density at radius 2 is 2.28 bits per heavy atom. The molecule has 1 aromatic heterocycles. The number of pyridine rings is 1. The Morgan fingerprint density at radius 3 is 2.97 bits per heavy atom. The number of rotatable bonds is 10. The molecule has 5 rings (SSSR count). The van der Waals surface area contributed by atoms with Crippen LogP contribution in [0.4, 0.5) is 0 Å². The fraction of sp³-hybridized carbons (Fsp3) is 0.375. The van der Waals surface area contributed by atoms with Crippen LogP contribution in [0.2, 0.25) is 0 Å². The highest BCUT2D eigenvalue weighted by Gasteiger charge is 2.45. The molecular formula is C24H29BN6S. The lowest BCUT2D eigenvalue weighted by atomic mass is 9.98. The Hall–Kier alpha value is -2.42.